The van der Waals surface area contributed by atoms with Crippen LogP contribution in [0.3, 0.4) is 0 Å². The van der Waals surface area contributed by atoms with Crippen molar-refractivity contribution in [1.82, 2.24) is 4.90 Å². The average molecular weight is 169 g/mol. The molecule has 1 atom stereocenters. The van der Waals surface area contributed by atoms with Gasteiger partial charge in [-0.25, -0.2) is 0 Å². The van der Waals surface area contributed by atoms with Gasteiger partial charge in [-0.15, -0.1) is 0 Å². The number of hydrogen-bond donors (Lipinski definition) is 0. The molecule has 0 N–H and O–H groups in total. The summed E-state index contributed by atoms with van der Waals surface area (Å²) in [6.45, 7) is 6.32. The van der Waals surface area contributed by atoms with Crippen LogP contribution in [0.5, 0.6) is 0 Å². The summed E-state index contributed by atoms with van der Waals surface area (Å²) in [5.74, 6) is 0.325. The molecular weight excluding hydrogens is 150 g/mol. The molecule has 70 valence electrons. The van der Waals surface area contributed by atoms with Crippen molar-refractivity contribution in [2.45, 2.75) is 33.1 Å². The quantitative estimate of drug-likeness (QED) is 0.641. The Morgan fingerprint density at radius 1 is 1.58 bits per heavy atom. The molecule has 0 saturated carbocycles. The Kier molecular flexibility index (Phi) is 2.89. The lowest BCUT2D eigenvalue weighted by atomic mass is 9.84. The van der Waals surface area contributed by atoms with Crippen molar-refractivity contribution in [2.75, 3.05) is 20.1 Å². The molecule has 1 rings (SSSR count). The maximum absolute atomic E-state index is 10.8. The van der Waals surface area contributed by atoms with Gasteiger partial charge in [0.25, 0.3) is 0 Å². The predicted octanol–water partition coefficient (Wildman–Crippen LogP) is 1.70. The molecule has 2 heteroatoms. The molecule has 1 unspecified atom stereocenters. The van der Waals surface area contributed by atoms with Gasteiger partial charge in [-0.2, -0.15) is 0 Å². The molecule has 0 aromatic heterocycles. The van der Waals surface area contributed by atoms with E-state index in [9.17, 15) is 4.79 Å². The molecule has 0 aromatic carbocycles. The molecule has 0 amide bonds. The predicted molar refractivity (Wildman–Crippen MR) is 50.1 cm³/mol. The number of rotatable bonds is 3. The molecular formula is C10H19NO. The van der Waals surface area contributed by atoms with E-state index < -0.39 is 0 Å². The molecule has 1 aliphatic rings. The monoisotopic (exact) mass is 169 g/mol. The minimum absolute atomic E-state index is 0.325. The lowest BCUT2D eigenvalue weighted by molar-refractivity contribution is -0.117. The normalized spacial score (nSPS) is 30.9. The Morgan fingerprint density at radius 3 is 2.67 bits per heavy atom. The van der Waals surface area contributed by atoms with Gasteiger partial charge in [-0.1, -0.05) is 6.92 Å². The van der Waals surface area contributed by atoms with Crippen LogP contribution in [0.1, 0.15) is 33.1 Å². The SMILES string of the molecule is CC(=O)CCC1(C)CCN(C)C1. The van der Waals surface area contributed by atoms with E-state index in [4.69, 9.17) is 0 Å². The fourth-order valence-electron chi connectivity index (χ4n) is 1.95. The van der Waals surface area contributed by atoms with E-state index in [0.717, 1.165) is 19.4 Å². The lowest BCUT2D eigenvalue weighted by Gasteiger charge is -2.22. The highest BCUT2D eigenvalue weighted by atomic mass is 16.1. The highest BCUT2D eigenvalue weighted by Crippen LogP contribution is 2.33. The number of hydrogen-bond acceptors (Lipinski definition) is 2. The summed E-state index contributed by atoms with van der Waals surface area (Å²) >= 11 is 0. The van der Waals surface area contributed by atoms with Gasteiger partial charge < -0.3 is 9.69 Å². The standard InChI is InChI=1S/C10H19NO/c1-9(12)4-5-10(2)6-7-11(3)8-10/h4-8H2,1-3H3. The van der Waals surface area contributed by atoms with Crippen molar-refractivity contribution in [2.24, 2.45) is 5.41 Å². The van der Waals surface area contributed by atoms with Gasteiger partial charge in [0.05, 0.1) is 0 Å². The molecule has 0 radical (unpaired) electrons. The van der Waals surface area contributed by atoms with Crippen LogP contribution in [0.4, 0.5) is 0 Å². The van der Waals surface area contributed by atoms with Gasteiger partial charge in [0.1, 0.15) is 5.78 Å². The summed E-state index contributed by atoms with van der Waals surface area (Å²) in [6, 6.07) is 0. The Labute approximate surface area is 74.9 Å². The van der Waals surface area contributed by atoms with Gasteiger partial charge in [0.15, 0.2) is 0 Å². The van der Waals surface area contributed by atoms with Crippen molar-refractivity contribution in [1.29, 1.82) is 0 Å². The minimum atomic E-state index is 0.325. The fourth-order valence-corrected chi connectivity index (χ4v) is 1.95. The van der Waals surface area contributed by atoms with Crippen LogP contribution in [-0.2, 0) is 4.79 Å². The average Bonchev–Trinajstić information content (AvgIpc) is 2.29. The van der Waals surface area contributed by atoms with Crippen molar-refractivity contribution < 1.29 is 4.79 Å². The summed E-state index contributed by atoms with van der Waals surface area (Å²) < 4.78 is 0. The second-order valence-electron chi connectivity index (χ2n) is 4.50. The summed E-state index contributed by atoms with van der Waals surface area (Å²) in [7, 11) is 2.15. The van der Waals surface area contributed by atoms with Crippen LogP contribution in [0.25, 0.3) is 0 Å². The van der Waals surface area contributed by atoms with E-state index in [1.54, 1.807) is 6.92 Å². The molecule has 0 spiro atoms. The third-order valence-corrected chi connectivity index (χ3v) is 2.83. The third kappa shape index (κ3) is 2.59. The highest BCUT2D eigenvalue weighted by Gasteiger charge is 2.31. The Hall–Kier alpha value is -0.370. The minimum Gasteiger partial charge on any atom is -0.306 e. The number of Topliss-reactive ketones (excluding diaryl/α,β-unsaturated/α-hetero) is 1. The molecule has 1 aliphatic heterocycles. The van der Waals surface area contributed by atoms with Crippen molar-refractivity contribution in [3.05, 3.63) is 0 Å². The van der Waals surface area contributed by atoms with Crippen molar-refractivity contribution in [3.8, 4) is 0 Å². The highest BCUT2D eigenvalue weighted by molar-refractivity contribution is 5.75. The van der Waals surface area contributed by atoms with E-state index in [1.807, 2.05) is 0 Å². The number of likely N-dealkylation sites (tertiary alicyclic amines) is 1. The van der Waals surface area contributed by atoms with Gasteiger partial charge >= 0.3 is 0 Å². The van der Waals surface area contributed by atoms with Gasteiger partial charge in [0, 0.05) is 13.0 Å². The molecule has 0 aromatic rings. The first kappa shape index (κ1) is 9.72. The number of carbonyl (C=O) groups excluding carboxylic acids is 1. The molecule has 0 aliphatic carbocycles. The van der Waals surface area contributed by atoms with E-state index in [2.05, 4.69) is 18.9 Å². The van der Waals surface area contributed by atoms with E-state index in [1.165, 1.54) is 13.0 Å². The molecule has 1 heterocycles. The summed E-state index contributed by atoms with van der Waals surface area (Å²) in [5, 5.41) is 0. The van der Waals surface area contributed by atoms with Gasteiger partial charge in [-0.05, 0) is 38.8 Å². The van der Waals surface area contributed by atoms with E-state index in [0.29, 0.717) is 11.2 Å². The first-order chi connectivity index (χ1) is 5.52. The van der Waals surface area contributed by atoms with E-state index >= 15 is 0 Å². The zero-order chi connectivity index (χ0) is 9.19. The summed E-state index contributed by atoms with van der Waals surface area (Å²) in [4.78, 5) is 13.2. The van der Waals surface area contributed by atoms with Gasteiger partial charge in [-0.3, -0.25) is 0 Å². The Bertz CT molecular complexity index is 179. The third-order valence-electron chi connectivity index (χ3n) is 2.83. The zero-order valence-electron chi connectivity index (χ0n) is 8.39. The lowest BCUT2D eigenvalue weighted by Crippen LogP contribution is -2.22. The van der Waals surface area contributed by atoms with Crippen LogP contribution in [0.15, 0.2) is 0 Å². The number of ketones is 1. The molecule has 12 heavy (non-hydrogen) atoms. The van der Waals surface area contributed by atoms with Gasteiger partial charge in [0.2, 0.25) is 0 Å². The second kappa shape index (κ2) is 3.56. The Balaban J connectivity index is 2.35. The van der Waals surface area contributed by atoms with Crippen LogP contribution in [0, 0.1) is 5.41 Å². The van der Waals surface area contributed by atoms with Crippen molar-refractivity contribution >= 4 is 5.78 Å². The summed E-state index contributed by atoms with van der Waals surface area (Å²) in [5.41, 5.74) is 0.403. The maximum atomic E-state index is 10.8. The van der Waals surface area contributed by atoms with Crippen LogP contribution in [-0.4, -0.2) is 30.8 Å². The van der Waals surface area contributed by atoms with Crippen LogP contribution >= 0.6 is 0 Å². The fraction of sp³-hybridized carbons (Fsp3) is 0.900. The zero-order valence-corrected chi connectivity index (χ0v) is 8.39. The first-order valence-electron chi connectivity index (χ1n) is 4.70. The number of carbonyl (C=O) groups is 1. The number of nitrogens with zero attached hydrogens (tertiary/aromatic N) is 1. The van der Waals surface area contributed by atoms with E-state index in [-0.39, 0.29) is 0 Å². The molecule has 1 fully saturated rings. The topological polar surface area (TPSA) is 20.3 Å². The smallest absolute Gasteiger partial charge is 0.129 e. The molecule has 0 bridgehead atoms. The van der Waals surface area contributed by atoms with Crippen molar-refractivity contribution in [3.63, 3.8) is 0 Å². The molecule has 1 saturated heterocycles. The largest absolute Gasteiger partial charge is 0.306 e. The Morgan fingerprint density at radius 2 is 2.25 bits per heavy atom. The van der Waals surface area contributed by atoms with Crippen LogP contribution in [0.2, 0.25) is 0 Å². The summed E-state index contributed by atoms with van der Waals surface area (Å²) in [6.07, 6.45) is 3.06. The molecule has 2 nitrogen and oxygen atoms in total. The first-order valence-corrected chi connectivity index (χ1v) is 4.70. The second-order valence-corrected chi connectivity index (χ2v) is 4.50. The van der Waals surface area contributed by atoms with Crippen LogP contribution < -0.4 is 0 Å². The maximum Gasteiger partial charge on any atom is 0.129 e.